The molecule has 7 heteroatoms. The standard InChI is InChI=1S/C6H7NO5S/c1-12-6(5(8)9)4(7(10)11)2-3-13-6/h2-4H,1H3,(H,8,9). The lowest BCUT2D eigenvalue weighted by Gasteiger charge is -2.22. The van der Waals surface area contributed by atoms with Crippen LogP contribution in [0.4, 0.5) is 0 Å². The van der Waals surface area contributed by atoms with Crippen LogP contribution in [0.3, 0.4) is 0 Å². The number of hydrogen-bond donors (Lipinski definition) is 1. The maximum absolute atomic E-state index is 10.8. The minimum Gasteiger partial charge on any atom is -0.478 e. The number of hydrogen-bond acceptors (Lipinski definition) is 5. The molecule has 1 N–H and O–H groups in total. The summed E-state index contributed by atoms with van der Waals surface area (Å²) in [6.07, 6.45) is 1.21. The van der Waals surface area contributed by atoms with Crippen molar-refractivity contribution in [2.45, 2.75) is 11.0 Å². The zero-order valence-electron chi connectivity index (χ0n) is 6.67. The number of thioether (sulfide) groups is 1. The van der Waals surface area contributed by atoms with Gasteiger partial charge in [-0.15, -0.1) is 0 Å². The molecular weight excluding hydrogens is 198 g/mol. The van der Waals surface area contributed by atoms with Crippen molar-refractivity contribution in [2.75, 3.05) is 7.11 Å². The fourth-order valence-corrected chi connectivity index (χ4v) is 1.98. The van der Waals surface area contributed by atoms with Gasteiger partial charge in [0.15, 0.2) is 0 Å². The van der Waals surface area contributed by atoms with Crippen molar-refractivity contribution in [1.82, 2.24) is 0 Å². The second kappa shape index (κ2) is 3.35. The van der Waals surface area contributed by atoms with E-state index in [1.54, 1.807) is 0 Å². The van der Waals surface area contributed by atoms with Crippen molar-refractivity contribution >= 4 is 17.7 Å². The number of rotatable bonds is 3. The molecule has 0 aliphatic carbocycles. The third-order valence-electron chi connectivity index (χ3n) is 1.72. The van der Waals surface area contributed by atoms with Crippen LogP contribution in [0.2, 0.25) is 0 Å². The normalized spacial score (nSPS) is 31.9. The van der Waals surface area contributed by atoms with Crippen LogP contribution in [-0.4, -0.2) is 34.1 Å². The zero-order valence-corrected chi connectivity index (χ0v) is 7.48. The fourth-order valence-electron chi connectivity index (χ4n) is 1.05. The van der Waals surface area contributed by atoms with Crippen LogP contribution in [0.25, 0.3) is 0 Å². The van der Waals surface area contributed by atoms with E-state index in [9.17, 15) is 14.9 Å². The summed E-state index contributed by atoms with van der Waals surface area (Å²) in [6, 6.07) is -1.33. The number of nitro groups is 1. The van der Waals surface area contributed by atoms with E-state index in [1.165, 1.54) is 11.5 Å². The summed E-state index contributed by atoms with van der Waals surface area (Å²) in [4.78, 5) is 18.8. The molecule has 1 rings (SSSR count). The highest BCUT2D eigenvalue weighted by molar-refractivity contribution is 8.04. The summed E-state index contributed by atoms with van der Waals surface area (Å²) < 4.78 is 4.69. The summed E-state index contributed by atoms with van der Waals surface area (Å²) in [5, 5.41) is 20.6. The van der Waals surface area contributed by atoms with Crippen molar-refractivity contribution in [3.63, 3.8) is 0 Å². The predicted molar refractivity (Wildman–Crippen MR) is 44.9 cm³/mol. The molecule has 2 unspecified atom stereocenters. The summed E-state index contributed by atoms with van der Waals surface area (Å²) in [7, 11) is 1.14. The third-order valence-corrected chi connectivity index (χ3v) is 2.95. The van der Waals surface area contributed by atoms with Gasteiger partial charge in [-0.05, 0) is 11.5 Å². The molecular formula is C6H7NO5S. The average molecular weight is 205 g/mol. The molecule has 0 fully saturated rings. The molecule has 0 spiro atoms. The molecule has 0 amide bonds. The molecule has 0 saturated heterocycles. The van der Waals surface area contributed by atoms with E-state index in [0.29, 0.717) is 0 Å². The molecule has 1 aliphatic heterocycles. The zero-order chi connectivity index (χ0) is 10.1. The van der Waals surface area contributed by atoms with Gasteiger partial charge in [0.05, 0.1) is 0 Å². The number of aliphatic carboxylic acids is 1. The largest absolute Gasteiger partial charge is 0.478 e. The van der Waals surface area contributed by atoms with Crippen LogP contribution >= 0.6 is 11.8 Å². The number of carboxylic acid groups (broad SMARTS) is 1. The van der Waals surface area contributed by atoms with Gasteiger partial charge in [0, 0.05) is 12.0 Å². The number of ether oxygens (including phenoxy) is 1. The highest BCUT2D eigenvalue weighted by Gasteiger charge is 2.56. The number of methoxy groups -OCH3 is 1. The highest BCUT2D eigenvalue weighted by atomic mass is 32.2. The van der Waals surface area contributed by atoms with Crippen LogP contribution in [0.1, 0.15) is 0 Å². The first-order chi connectivity index (χ1) is 6.04. The summed E-state index contributed by atoms with van der Waals surface area (Å²) >= 11 is 0.790. The first-order valence-electron chi connectivity index (χ1n) is 3.31. The van der Waals surface area contributed by atoms with E-state index in [4.69, 9.17) is 9.84 Å². The van der Waals surface area contributed by atoms with Gasteiger partial charge in [-0.3, -0.25) is 10.1 Å². The maximum atomic E-state index is 10.8. The van der Waals surface area contributed by atoms with Crippen molar-refractivity contribution < 1.29 is 19.6 Å². The van der Waals surface area contributed by atoms with Crippen molar-refractivity contribution in [3.05, 3.63) is 21.6 Å². The molecule has 0 saturated carbocycles. The highest BCUT2D eigenvalue weighted by Crippen LogP contribution is 2.38. The Morgan fingerprint density at radius 2 is 2.46 bits per heavy atom. The Hall–Kier alpha value is -1.08. The SMILES string of the molecule is COC1(C(=O)O)SC=CC1[N+](=O)[O-]. The molecule has 0 radical (unpaired) electrons. The van der Waals surface area contributed by atoms with Gasteiger partial charge < -0.3 is 9.84 Å². The lowest BCUT2D eigenvalue weighted by Crippen LogP contribution is -2.48. The topological polar surface area (TPSA) is 89.7 Å². The molecule has 0 bridgehead atoms. The summed E-state index contributed by atoms with van der Waals surface area (Å²) in [5.41, 5.74) is 0. The third kappa shape index (κ3) is 1.40. The monoisotopic (exact) mass is 205 g/mol. The summed E-state index contributed by atoms with van der Waals surface area (Å²) in [5.74, 6) is -1.34. The molecule has 0 aromatic rings. The van der Waals surface area contributed by atoms with Gasteiger partial charge in [-0.1, -0.05) is 11.8 Å². The second-order valence-electron chi connectivity index (χ2n) is 2.35. The van der Waals surface area contributed by atoms with Gasteiger partial charge >= 0.3 is 5.97 Å². The quantitative estimate of drug-likeness (QED) is 0.527. The minimum absolute atomic E-state index is 0.672. The molecule has 2 atom stereocenters. The van der Waals surface area contributed by atoms with Crippen molar-refractivity contribution in [3.8, 4) is 0 Å². The van der Waals surface area contributed by atoms with Crippen LogP contribution in [0.15, 0.2) is 11.5 Å². The van der Waals surface area contributed by atoms with E-state index in [-0.39, 0.29) is 0 Å². The van der Waals surface area contributed by atoms with E-state index in [2.05, 4.69) is 0 Å². The van der Waals surface area contributed by atoms with E-state index in [1.807, 2.05) is 0 Å². The Morgan fingerprint density at radius 3 is 2.77 bits per heavy atom. The molecule has 1 aliphatic rings. The number of nitrogens with zero attached hydrogens (tertiary/aromatic N) is 1. The predicted octanol–water partition coefficient (Wildman–Crippen LogP) is 0.319. The lowest BCUT2D eigenvalue weighted by molar-refractivity contribution is -0.521. The fraction of sp³-hybridized carbons (Fsp3) is 0.500. The summed E-state index contributed by atoms with van der Waals surface area (Å²) in [6.45, 7) is 0. The van der Waals surface area contributed by atoms with Gasteiger partial charge in [0.1, 0.15) is 0 Å². The first-order valence-corrected chi connectivity index (χ1v) is 4.19. The Balaban J connectivity index is 3.01. The van der Waals surface area contributed by atoms with Crippen LogP contribution in [-0.2, 0) is 9.53 Å². The number of carboxylic acids is 1. The second-order valence-corrected chi connectivity index (χ2v) is 3.47. The molecule has 0 aromatic heterocycles. The Morgan fingerprint density at radius 1 is 1.85 bits per heavy atom. The molecule has 13 heavy (non-hydrogen) atoms. The van der Waals surface area contributed by atoms with Crippen molar-refractivity contribution in [1.29, 1.82) is 0 Å². The van der Waals surface area contributed by atoms with Crippen LogP contribution < -0.4 is 0 Å². The van der Waals surface area contributed by atoms with Crippen LogP contribution in [0.5, 0.6) is 0 Å². The first kappa shape index (κ1) is 10.0. The van der Waals surface area contributed by atoms with Gasteiger partial charge in [-0.2, -0.15) is 0 Å². The van der Waals surface area contributed by atoms with Gasteiger partial charge in [0.25, 0.3) is 11.0 Å². The molecule has 72 valence electrons. The van der Waals surface area contributed by atoms with Crippen molar-refractivity contribution in [2.24, 2.45) is 0 Å². The smallest absolute Gasteiger partial charge is 0.354 e. The Bertz CT molecular complexity index is 278. The Labute approximate surface area is 77.7 Å². The van der Waals surface area contributed by atoms with Gasteiger partial charge in [0.2, 0.25) is 0 Å². The van der Waals surface area contributed by atoms with E-state index in [0.717, 1.165) is 18.9 Å². The van der Waals surface area contributed by atoms with Gasteiger partial charge in [-0.25, -0.2) is 4.79 Å². The van der Waals surface area contributed by atoms with E-state index >= 15 is 0 Å². The van der Waals surface area contributed by atoms with Crippen LogP contribution in [0, 0.1) is 10.1 Å². The maximum Gasteiger partial charge on any atom is 0.354 e. The lowest BCUT2D eigenvalue weighted by atomic mass is 10.1. The molecule has 6 nitrogen and oxygen atoms in total. The average Bonchev–Trinajstić information content (AvgIpc) is 2.48. The Kier molecular flexibility index (Phi) is 2.58. The molecule has 0 aromatic carbocycles. The van der Waals surface area contributed by atoms with E-state index < -0.39 is 21.9 Å². The number of carbonyl (C=O) groups is 1. The molecule has 1 heterocycles. The minimum atomic E-state index is -1.80.